The molecule has 0 fully saturated rings. The summed E-state index contributed by atoms with van der Waals surface area (Å²) < 4.78 is 6.45. The number of nitrogens with zero attached hydrogens (tertiary/aromatic N) is 2. The van der Waals surface area contributed by atoms with Gasteiger partial charge in [-0.25, -0.2) is 4.98 Å². The molecule has 2 aromatic carbocycles. The monoisotopic (exact) mass is 419 g/mol. The molecule has 2 heterocycles. The summed E-state index contributed by atoms with van der Waals surface area (Å²) in [5.74, 6) is 0.902. The Morgan fingerprint density at radius 2 is 2.00 bits per heavy atom. The number of hydrogen-bond acceptors (Lipinski definition) is 5. The fourth-order valence-corrected chi connectivity index (χ4v) is 3.93. The van der Waals surface area contributed by atoms with Gasteiger partial charge in [-0.15, -0.1) is 11.3 Å². The SMILES string of the molecule is Cc1cccc(COc2cccc(C(=O)N(C)Cc3nc4ccsc4c(=O)[nH]3)c2)c1. The van der Waals surface area contributed by atoms with Crippen LogP contribution in [-0.4, -0.2) is 27.8 Å². The molecule has 0 spiro atoms. The summed E-state index contributed by atoms with van der Waals surface area (Å²) in [5, 5.41) is 1.83. The largest absolute Gasteiger partial charge is 0.489 e. The number of aromatic nitrogens is 2. The van der Waals surface area contributed by atoms with Gasteiger partial charge >= 0.3 is 0 Å². The van der Waals surface area contributed by atoms with Crippen LogP contribution in [0.1, 0.15) is 27.3 Å². The molecule has 1 N–H and O–H groups in total. The van der Waals surface area contributed by atoms with Crippen molar-refractivity contribution in [1.82, 2.24) is 14.9 Å². The zero-order valence-electron chi connectivity index (χ0n) is 16.7. The molecule has 0 atom stereocenters. The number of ether oxygens (including phenoxy) is 1. The molecule has 4 rings (SSSR count). The Bertz CT molecular complexity index is 1260. The quantitative estimate of drug-likeness (QED) is 0.510. The van der Waals surface area contributed by atoms with Crippen molar-refractivity contribution in [2.24, 2.45) is 0 Å². The summed E-state index contributed by atoms with van der Waals surface area (Å²) in [6, 6.07) is 17.0. The molecular weight excluding hydrogens is 398 g/mol. The number of nitrogens with one attached hydrogen (secondary N) is 1. The molecular formula is C23H21N3O3S. The van der Waals surface area contributed by atoms with E-state index in [1.54, 1.807) is 31.3 Å². The van der Waals surface area contributed by atoms with Crippen molar-refractivity contribution in [3.05, 3.63) is 92.8 Å². The van der Waals surface area contributed by atoms with Gasteiger partial charge in [-0.2, -0.15) is 0 Å². The summed E-state index contributed by atoms with van der Waals surface area (Å²) in [6.07, 6.45) is 0. The molecule has 2 aromatic heterocycles. The van der Waals surface area contributed by atoms with E-state index in [-0.39, 0.29) is 18.0 Å². The topological polar surface area (TPSA) is 75.3 Å². The number of amides is 1. The Morgan fingerprint density at radius 3 is 2.83 bits per heavy atom. The van der Waals surface area contributed by atoms with Gasteiger partial charge in [-0.3, -0.25) is 9.59 Å². The van der Waals surface area contributed by atoms with E-state index >= 15 is 0 Å². The average Bonchev–Trinajstić information content (AvgIpc) is 3.21. The second-order valence-corrected chi connectivity index (χ2v) is 8.03. The first-order chi connectivity index (χ1) is 14.5. The summed E-state index contributed by atoms with van der Waals surface area (Å²) in [5.41, 5.74) is 3.22. The van der Waals surface area contributed by atoms with Gasteiger partial charge in [0.2, 0.25) is 0 Å². The first-order valence-electron chi connectivity index (χ1n) is 9.50. The highest BCUT2D eigenvalue weighted by atomic mass is 32.1. The van der Waals surface area contributed by atoms with Crippen molar-refractivity contribution in [2.45, 2.75) is 20.1 Å². The smallest absolute Gasteiger partial charge is 0.268 e. The second kappa shape index (κ2) is 8.51. The van der Waals surface area contributed by atoms with E-state index in [0.717, 1.165) is 5.56 Å². The van der Waals surface area contributed by atoms with Crippen LogP contribution in [0, 0.1) is 6.92 Å². The fourth-order valence-electron chi connectivity index (χ4n) is 3.20. The standard InChI is InChI=1S/C23H21N3O3S/c1-15-5-3-6-16(11-15)14-29-18-8-4-7-17(12-18)23(28)26(2)13-20-24-19-9-10-30-21(19)22(27)25-20/h3-12H,13-14H2,1-2H3,(H,24,25,27). The number of H-pyrrole nitrogens is 1. The average molecular weight is 420 g/mol. The van der Waals surface area contributed by atoms with Crippen LogP contribution >= 0.6 is 11.3 Å². The van der Waals surface area contributed by atoms with Gasteiger partial charge in [0.25, 0.3) is 11.5 Å². The van der Waals surface area contributed by atoms with Gasteiger partial charge in [0.1, 0.15) is 22.9 Å². The lowest BCUT2D eigenvalue weighted by Gasteiger charge is -2.17. The van der Waals surface area contributed by atoms with Crippen molar-refractivity contribution in [2.75, 3.05) is 7.05 Å². The Morgan fingerprint density at radius 1 is 1.17 bits per heavy atom. The summed E-state index contributed by atoms with van der Waals surface area (Å²) in [6.45, 7) is 2.67. The lowest BCUT2D eigenvalue weighted by atomic mass is 10.1. The van der Waals surface area contributed by atoms with Crippen molar-refractivity contribution in [3.63, 3.8) is 0 Å². The number of aromatic amines is 1. The maximum Gasteiger partial charge on any atom is 0.268 e. The third-order valence-corrected chi connectivity index (χ3v) is 5.57. The lowest BCUT2D eigenvalue weighted by molar-refractivity contribution is 0.0781. The van der Waals surface area contributed by atoms with E-state index in [1.807, 2.05) is 36.6 Å². The minimum Gasteiger partial charge on any atom is -0.489 e. The number of hydrogen-bond donors (Lipinski definition) is 1. The zero-order valence-corrected chi connectivity index (χ0v) is 17.5. The van der Waals surface area contributed by atoms with E-state index in [2.05, 4.69) is 16.0 Å². The van der Waals surface area contributed by atoms with E-state index in [1.165, 1.54) is 21.8 Å². The van der Waals surface area contributed by atoms with E-state index in [0.29, 0.717) is 34.0 Å². The number of carbonyl (C=O) groups is 1. The molecule has 30 heavy (non-hydrogen) atoms. The van der Waals surface area contributed by atoms with Crippen molar-refractivity contribution >= 4 is 27.5 Å². The van der Waals surface area contributed by atoms with Gasteiger partial charge in [-0.1, -0.05) is 35.9 Å². The zero-order chi connectivity index (χ0) is 21.1. The van der Waals surface area contributed by atoms with Crippen LogP contribution in [-0.2, 0) is 13.2 Å². The molecule has 0 aliphatic heterocycles. The second-order valence-electron chi connectivity index (χ2n) is 7.11. The highest BCUT2D eigenvalue weighted by Gasteiger charge is 2.15. The number of fused-ring (bicyclic) bond motifs is 1. The molecule has 0 unspecified atom stereocenters. The number of thiophene rings is 1. The van der Waals surface area contributed by atoms with Crippen LogP contribution in [0.3, 0.4) is 0 Å². The maximum absolute atomic E-state index is 12.9. The molecule has 0 radical (unpaired) electrons. The van der Waals surface area contributed by atoms with Crippen LogP contribution in [0.2, 0.25) is 0 Å². The van der Waals surface area contributed by atoms with Crippen LogP contribution < -0.4 is 10.3 Å². The molecule has 0 aliphatic carbocycles. The predicted molar refractivity (Wildman–Crippen MR) is 118 cm³/mol. The van der Waals surface area contributed by atoms with Crippen LogP contribution in [0.4, 0.5) is 0 Å². The Hall–Kier alpha value is -3.45. The normalized spacial score (nSPS) is 10.9. The first-order valence-corrected chi connectivity index (χ1v) is 10.4. The highest BCUT2D eigenvalue weighted by molar-refractivity contribution is 7.17. The molecule has 0 aliphatic rings. The molecule has 0 saturated heterocycles. The lowest BCUT2D eigenvalue weighted by Crippen LogP contribution is -2.28. The number of carbonyl (C=O) groups excluding carboxylic acids is 1. The molecule has 152 valence electrons. The molecule has 0 saturated carbocycles. The van der Waals surface area contributed by atoms with E-state index in [4.69, 9.17) is 4.74 Å². The van der Waals surface area contributed by atoms with Crippen molar-refractivity contribution < 1.29 is 9.53 Å². The first kappa shape index (κ1) is 19.8. The Balaban J connectivity index is 1.45. The van der Waals surface area contributed by atoms with Crippen LogP contribution in [0.15, 0.2) is 64.8 Å². The number of aryl methyl sites for hydroxylation is 1. The van der Waals surface area contributed by atoms with Crippen LogP contribution in [0.5, 0.6) is 5.75 Å². The van der Waals surface area contributed by atoms with Gasteiger partial charge in [0.15, 0.2) is 0 Å². The predicted octanol–water partition coefficient (Wildman–Crippen LogP) is 4.14. The third kappa shape index (κ3) is 4.41. The summed E-state index contributed by atoms with van der Waals surface area (Å²) in [7, 11) is 1.68. The Labute approximate surface area is 177 Å². The molecule has 6 nitrogen and oxygen atoms in total. The van der Waals surface area contributed by atoms with Crippen molar-refractivity contribution in [1.29, 1.82) is 0 Å². The van der Waals surface area contributed by atoms with Crippen molar-refractivity contribution in [3.8, 4) is 5.75 Å². The van der Waals surface area contributed by atoms with Gasteiger partial charge in [0.05, 0.1) is 12.1 Å². The third-order valence-electron chi connectivity index (χ3n) is 4.67. The molecule has 1 amide bonds. The maximum atomic E-state index is 12.9. The van der Waals surface area contributed by atoms with Gasteiger partial charge in [0, 0.05) is 12.6 Å². The fraction of sp³-hybridized carbons (Fsp3) is 0.174. The number of benzene rings is 2. The minimum atomic E-state index is -0.183. The minimum absolute atomic E-state index is 0.177. The van der Waals surface area contributed by atoms with Gasteiger partial charge < -0.3 is 14.6 Å². The van der Waals surface area contributed by atoms with Crippen LogP contribution in [0.25, 0.3) is 10.2 Å². The highest BCUT2D eigenvalue weighted by Crippen LogP contribution is 2.18. The molecule has 0 bridgehead atoms. The van der Waals surface area contributed by atoms with Gasteiger partial charge in [-0.05, 0) is 42.1 Å². The number of rotatable bonds is 6. The van der Waals surface area contributed by atoms with E-state index in [9.17, 15) is 9.59 Å². The molecule has 7 heteroatoms. The summed E-state index contributed by atoms with van der Waals surface area (Å²) >= 11 is 1.35. The Kier molecular flexibility index (Phi) is 5.63. The van der Waals surface area contributed by atoms with E-state index < -0.39 is 0 Å². The summed E-state index contributed by atoms with van der Waals surface area (Å²) in [4.78, 5) is 33.7. The molecule has 4 aromatic rings.